The fourth-order valence-corrected chi connectivity index (χ4v) is 3.23. The maximum atomic E-state index is 13.0. The van der Waals surface area contributed by atoms with Crippen LogP contribution in [-0.4, -0.2) is 72.9 Å². The van der Waals surface area contributed by atoms with Gasteiger partial charge in [0.25, 0.3) is 5.91 Å². The number of nitrogens with zero attached hydrogens (tertiary/aromatic N) is 1. The van der Waals surface area contributed by atoms with Gasteiger partial charge in [-0.15, -0.1) is 0 Å². The highest BCUT2D eigenvalue weighted by Gasteiger charge is 2.38. The molecule has 1 aromatic heterocycles. The maximum absolute atomic E-state index is 13.0. The van der Waals surface area contributed by atoms with Gasteiger partial charge in [0.15, 0.2) is 5.78 Å². The zero-order valence-electron chi connectivity index (χ0n) is 18.0. The Morgan fingerprint density at radius 3 is 2.62 bits per heavy atom. The fraction of sp³-hybridized carbons (Fsp3) is 0.667. The summed E-state index contributed by atoms with van der Waals surface area (Å²) in [4.78, 5) is 42.7. The zero-order chi connectivity index (χ0) is 21.6. The van der Waals surface area contributed by atoms with Crippen molar-refractivity contribution in [3.8, 4) is 0 Å². The van der Waals surface area contributed by atoms with Crippen LogP contribution in [0, 0.1) is 11.8 Å². The van der Waals surface area contributed by atoms with Gasteiger partial charge in [0.2, 0.25) is 5.91 Å². The van der Waals surface area contributed by atoms with Crippen LogP contribution < -0.4 is 10.6 Å². The molecular formula is C21H34N4O4. The molecule has 1 saturated heterocycles. The Labute approximate surface area is 172 Å². The molecule has 3 unspecified atom stereocenters. The minimum Gasteiger partial charge on any atom is -0.368 e. The summed E-state index contributed by atoms with van der Waals surface area (Å²) in [6, 6.07) is 0.253. The van der Waals surface area contributed by atoms with E-state index in [-0.39, 0.29) is 36.2 Å². The average molecular weight is 407 g/mol. The second kappa shape index (κ2) is 10.5. The van der Waals surface area contributed by atoms with E-state index < -0.39 is 12.1 Å². The molecule has 1 fully saturated rings. The van der Waals surface area contributed by atoms with Crippen molar-refractivity contribution >= 4 is 17.6 Å². The summed E-state index contributed by atoms with van der Waals surface area (Å²) in [5.41, 5.74) is 0.462. The van der Waals surface area contributed by atoms with Gasteiger partial charge < -0.3 is 25.3 Å². The first-order chi connectivity index (χ1) is 13.7. The lowest BCUT2D eigenvalue weighted by atomic mass is 9.90. The van der Waals surface area contributed by atoms with Crippen molar-refractivity contribution in [2.75, 3.05) is 27.2 Å². The van der Waals surface area contributed by atoms with Gasteiger partial charge in [-0.2, -0.15) is 0 Å². The van der Waals surface area contributed by atoms with Crippen LogP contribution in [0.3, 0.4) is 0 Å². The van der Waals surface area contributed by atoms with Gasteiger partial charge in [0, 0.05) is 18.9 Å². The first-order valence-electron chi connectivity index (χ1n) is 10.2. The van der Waals surface area contributed by atoms with Crippen LogP contribution in [0.15, 0.2) is 18.5 Å². The molecule has 4 atom stereocenters. The summed E-state index contributed by atoms with van der Waals surface area (Å²) in [6.07, 6.45) is 4.03. The molecule has 29 heavy (non-hydrogen) atoms. The van der Waals surface area contributed by atoms with Gasteiger partial charge in [0.05, 0.1) is 11.7 Å². The largest absolute Gasteiger partial charge is 0.368 e. The molecule has 162 valence electrons. The van der Waals surface area contributed by atoms with Crippen molar-refractivity contribution in [3.05, 3.63) is 24.0 Å². The number of aromatic amines is 1. The number of rotatable bonds is 10. The number of nitrogens with one attached hydrogen (secondary N) is 3. The first kappa shape index (κ1) is 23.1. The molecule has 2 amide bonds. The number of ether oxygens (including phenoxy) is 1. The second-order valence-electron chi connectivity index (χ2n) is 8.48. The van der Waals surface area contributed by atoms with Crippen molar-refractivity contribution in [2.24, 2.45) is 11.8 Å². The van der Waals surface area contributed by atoms with Crippen molar-refractivity contribution in [1.82, 2.24) is 20.5 Å². The third-order valence-corrected chi connectivity index (χ3v) is 5.54. The predicted molar refractivity (Wildman–Crippen MR) is 111 cm³/mol. The monoisotopic (exact) mass is 406 g/mol. The number of hydrogen-bond donors (Lipinski definition) is 3. The smallest absolute Gasteiger partial charge is 0.253 e. The molecule has 0 spiro atoms. The van der Waals surface area contributed by atoms with E-state index in [1.807, 2.05) is 19.0 Å². The molecule has 8 nitrogen and oxygen atoms in total. The van der Waals surface area contributed by atoms with Crippen LogP contribution in [0.1, 0.15) is 44.0 Å². The van der Waals surface area contributed by atoms with E-state index in [2.05, 4.69) is 36.4 Å². The van der Waals surface area contributed by atoms with E-state index >= 15 is 0 Å². The minimum atomic E-state index is -0.724. The molecule has 1 aliphatic rings. The van der Waals surface area contributed by atoms with E-state index in [9.17, 15) is 14.4 Å². The quantitative estimate of drug-likeness (QED) is 0.542. The predicted octanol–water partition coefficient (Wildman–Crippen LogP) is 1.20. The van der Waals surface area contributed by atoms with Crippen LogP contribution in [0.2, 0.25) is 0 Å². The van der Waals surface area contributed by atoms with Gasteiger partial charge in [-0.25, -0.2) is 0 Å². The molecule has 0 bridgehead atoms. The summed E-state index contributed by atoms with van der Waals surface area (Å²) in [5, 5.41) is 5.67. The molecule has 3 N–H and O–H groups in total. The third kappa shape index (κ3) is 6.68. The standard InChI is InChI=1S/C21H34N4O4/c1-13(2)14(3)10-16(23-20(27)15-6-8-22-11-15)21(28)24-19-17(26)12-29-18(19)7-9-25(4)5/h6,8,11,13-14,16,18-19,22H,7,9-10,12H2,1-5H3,(H,23,27)(H,24,28)/t14?,16-,18?,19?/m0/s1. The summed E-state index contributed by atoms with van der Waals surface area (Å²) in [7, 11) is 3.90. The Bertz CT molecular complexity index is 687. The number of aromatic nitrogens is 1. The lowest BCUT2D eigenvalue weighted by molar-refractivity contribution is -0.128. The van der Waals surface area contributed by atoms with Crippen molar-refractivity contribution in [1.29, 1.82) is 0 Å². The molecule has 8 heteroatoms. The molecule has 1 aromatic rings. The Hall–Kier alpha value is -2.19. The van der Waals surface area contributed by atoms with Gasteiger partial charge in [-0.3, -0.25) is 14.4 Å². The van der Waals surface area contributed by atoms with Gasteiger partial charge in [-0.05, 0) is 44.8 Å². The van der Waals surface area contributed by atoms with Crippen LogP contribution in [0.25, 0.3) is 0 Å². The second-order valence-corrected chi connectivity index (χ2v) is 8.48. The molecule has 0 saturated carbocycles. The molecule has 2 heterocycles. The lowest BCUT2D eigenvalue weighted by Crippen LogP contribution is -2.54. The summed E-state index contributed by atoms with van der Waals surface area (Å²) in [6.45, 7) is 6.98. The van der Waals surface area contributed by atoms with E-state index in [4.69, 9.17) is 4.74 Å². The number of H-pyrrole nitrogens is 1. The van der Waals surface area contributed by atoms with Crippen LogP contribution in [0.5, 0.6) is 0 Å². The Kier molecular flexibility index (Phi) is 8.40. The SMILES string of the molecule is CC(C)C(C)C[C@H](NC(=O)c1cc[nH]c1)C(=O)NC1C(=O)COC1CCN(C)C. The highest BCUT2D eigenvalue weighted by Crippen LogP contribution is 2.19. The lowest BCUT2D eigenvalue weighted by Gasteiger charge is -2.26. The topological polar surface area (TPSA) is 104 Å². The highest BCUT2D eigenvalue weighted by molar-refractivity contribution is 5.98. The zero-order valence-corrected chi connectivity index (χ0v) is 18.0. The van der Waals surface area contributed by atoms with E-state index in [0.717, 1.165) is 6.54 Å². The number of hydrogen-bond acceptors (Lipinski definition) is 5. The van der Waals surface area contributed by atoms with Crippen molar-refractivity contribution in [2.45, 2.75) is 51.8 Å². The summed E-state index contributed by atoms with van der Waals surface area (Å²) < 4.78 is 5.59. The number of carbonyl (C=O) groups is 3. The van der Waals surface area contributed by atoms with Gasteiger partial charge >= 0.3 is 0 Å². The van der Waals surface area contributed by atoms with Crippen molar-refractivity contribution < 1.29 is 19.1 Å². The van der Waals surface area contributed by atoms with Crippen molar-refractivity contribution in [3.63, 3.8) is 0 Å². The molecule has 1 aliphatic heterocycles. The van der Waals surface area contributed by atoms with E-state index in [0.29, 0.717) is 24.3 Å². The number of Topliss-reactive ketones (excluding diaryl/α,β-unsaturated/α-hetero) is 1. The Morgan fingerprint density at radius 1 is 1.31 bits per heavy atom. The molecule has 0 aromatic carbocycles. The van der Waals surface area contributed by atoms with Gasteiger partial charge in [-0.1, -0.05) is 20.8 Å². The molecular weight excluding hydrogens is 372 g/mol. The minimum absolute atomic E-state index is 0.00577. The number of ketones is 1. The van der Waals surface area contributed by atoms with Crippen LogP contribution in [0.4, 0.5) is 0 Å². The number of carbonyl (C=O) groups excluding carboxylic acids is 3. The fourth-order valence-electron chi connectivity index (χ4n) is 3.23. The molecule has 0 aliphatic carbocycles. The molecule has 2 rings (SSSR count). The summed E-state index contributed by atoms with van der Waals surface area (Å²) in [5.74, 6) is -0.216. The van der Waals surface area contributed by atoms with E-state index in [1.54, 1.807) is 18.5 Å². The van der Waals surface area contributed by atoms with Crippen LogP contribution >= 0.6 is 0 Å². The maximum Gasteiger partial charge on any atom is 0.253 e. The number of amides is 2. The Balaban J connectivity index is 2.08. The first-order valence-corrected chi connectivity index (χ1v) is 10.2. The Morgan fingerprint density at radius 2 is 2.03 bits per heavy atom. The third-order valence-electron chi connectivity index (χ3n) is 5.54. The summed E-state index contributed by atoms with van der Waals surface area (Å²) >= 11 is 0. The van der Waals surface area contributed by atoms with E-state index in [1.165, 1.54) is 0 Å². The normalized spacial score (nSPS) is 21.4. The highest BCUT2D eigenvalue weighted by atomic mass is 16.5. The average Bonchev–Trinajstić information content (AvgIpc) is 3.30. The van der Waals surface area contributed by atoms with Gasteiger partial charge in [0.1, 0.15) is 18.7 Å². The molecule has 0 radical (unpaired) electrons. The van der Waals surface area contributed by atoms with Crippen LogP contribution in [-0.2, 0) is 14.3 Å².